The van der Waals surface area contributed by atoms with Gasteiger partial charge in [-0.1, -0.05) is 23.7 Å². The highest BCUT2D eigenvalue weighted by atomic mass is 35.5. The summed E-state index contributed by atoms with van der Waals surface area (Å²) in [6.07, 6.45) is -4.74. The van der Waals surface area contributed by atoms with E-state index in [2.05, 4.69) is 4.74 Å². The van der Waals surface area contributed by atoms with E-state index in [1.807, 2.05) is 41.0 Å². The Hall–Kier alpha value is -3.19. The van der Waals surface area contributed by atoms with E-state index in [1.54, 1.807) is 25.3 Å². The average Bonchev–Trinajstić information content (AvgIpc) is 3.05. The molecule has 0 aliphatic carbocycles. The van der Waals surface area contributed by atoms with Gasteiger partial charge in [0.2, 0.25) is 0 Å². The van der Waals surface area contributed by atoms with Gasteiger partial charge >= 0.3 is 6.36 Å². The van der Waals surface area contributed by atoms with Crippen molar-refractivity contribution in [1.29, 1.82) is 0 Å². The molecular formula is C22H16ClF3N2O2. The normalized spacial score (nSPS) is 11.6. The van der Waals surface area contributed by atoms with E-state index in [-0.39, 0.29) is 5.75 Å². The van der Waals surface area contributed by atoms with Gasteiger partial charge in [0.05, 0.1) is 18.1 Å². The fourth-order valence-electron chi connectivity index (χ4n) is 3.24. The summed E-state index contributed by atoms with van der Waals surface area (Å²) in [4.78, 5) is 4.70. The zero-order chi connectivity index (χ0) is 21.3. The number of imidazole rings is 1. The first-order valence-electron chi connectivity index (χ1n) is 8.97. The maximum absolute atomic E-state index is 12.5. The lowest BCUT2D eigenvalue weighted by Gasteiger charge is -2.12. The second-order valence-corrected chi connectivity index (χ2v) is 7.01. The van der Waals surface area contributed by atoms with Crippen molar-refractivity contribution in [1.82, 2.24) is 9.55 Å². The molecular weight excluding hydrogens is 417 g/mol. The molecule has 0 radical (unpaired) electrons. The van der Waals surface area contributed by atoms with Crippen LogP contribution in [0.3, 0.4) is 0 Å². The number of alkyl halides is 3. The number of fused-ring (bicyclic) bond motifs is 1. The van der Waals surface area contributed by atoms with Crippen LogP contribution in [0.1, 0.15) is 5.56 Å². The van der Waals surface area contributed by atoms with Crippen molar-refractivity contribution < 1.29 is 22.6 Å². The molecule has 4 rings (SSSR count). The van der Waals surface area contributed by atoms with Gasteiger partial charge in [0.25, 0.3) is 0 Å². The summed E-state index contributed by atoms with van der Waals surface area (Å²) in [7, 11) is 1.57. The predicted molar refractivity (Wildman–Crippen MR) is 109 cm³/mol. The van der Waals surface area contributed by atoms with Crippen LogP contribution in [0.4, 0.5) is 13.2 Å². The number of methoxy groups -OCH3 is 1. The van der Waals surface area contributed by atoms with Gasteiger partial charge in [-0.25, -0.2) is 4.98 Å². The molecule has 0 aliphatic rings. The van der Waals surface area contributed by atoms with Crippen LogP contribution < -0.4 is 9.47 Å². The van der Waals surface area contributed by atoms with Gasteiger partial charge in [-0.15, -0.1) is 13.2 Å². The molecule has 0 bridgehead atoms. The van der Waals surface area contributed by atoms with Gasteiger partial charge in [-0.3, -0.25) is 0 Å². The van der Waals surface area contributed by atoms with E-state index in [1.165, 1.54) is 12.1 Å². The van der Waals surface area contributed by atoms with Gasteiger partial charge in [0, 0.05) is 23.2 Å². The molecule has 0 N–H and O–H groups in total. The summed E-state index contributed by atoms with van der Waals surface area (Å²) >= 11 is 6.12. The van der Waals surface area contributed by atoms with Crippen molar-refractivity contribution in [2.24, 2.45) is 0 Å². The van der Waals surface area contributed by atoms with Crippen molar-refractivity contribution in [3.63, 3.8) is 0 Å². The molecule has 0 spiro atoms. The molecule has 0 saturated heterocycles. The first-order valence-corrected chi connectivity index (χ1v) is 9.35. The minimum Gasteiger partial charge on any atom is -0.497 e. The SMILES string of the molecule is COc1ccc2c(c1)nc(-c1ccc(OC(F)(F)F)cc1)n2Cc1cccc(Cl)c1. The number of ether oxygens (including phenoxy) is 2. The van der Waals surface area contributed by atoms with Crippen molar-refractivity contribution >= 4 is 22.6 Å². The molecule has 0 unspecified atom stereocenters. The van der Waals surface area contributed by atoms with Crippen LogP contribution >= 0.6 is 11.6 Å². The second-order valence-electron chi connectivity index (χ2n) is 6.58. The fraction of sp³-hybridized carbons (Fsp3) is 0.136. The van der Waals surface area contributed by atoms with Gasteiger partial charge in [-0.2, -0.15) is 0 Å². The van der Waals surface area contributed by atoms with Crippen LogP contribution in [-0.2, 0) is 6.54 Å². The van der Waals surface area contributed by atoms with E-state index < -0.39 is 6.36 Å². The second kappa shape index (κ2) is 7.91. The van der Waals surface area contributed by atoms with Gasteiger partial charge in [0.1, 0.15) is 17.3 Å². The van der Waals surface area contributed by atoms with Crippen molar-refractivity contribution in [3.05, 3.63) is 77.3 Å². The average molecular weight is 433 g/mol. The lowest BCUT2D eigenvalue weighted by molar-refractivity contribution is -0.274. The third-order valence-corrected chi connectivity index (χ3v) is 4.77. The van der Waals surface area contributed by atoms with Crippen molar-refractivity contribution in [2.45, 2.75) is 12.9 Å². The Balaban J connectivity index is 1.79. The first kappa shape index (κ1) is 20.1. The summed E-state index contributed by atoms with van der Waals surface area (Å²) in [5.74, 6) is 0.984. The smallest absolute Gasteiger partial charge is 0.497 e. The third kappa shape index (κ3) is 4.36. The number of benzene rings is 3. The van der Waals surface area contributed by atoms with Crippen LogP contribution in [0.25, 0.3) is 22.4 Å². The molecule has 30 heavy (non-hydrogen) atoms. The highest BCUT2D eigenvalue weighted by Crippen LogP contribution is 2.31. The maximum atomic E-state index is 12.5. The molecule has 4 aromatic rings. The zero-order valence-corrected chi connectivity index (χ0v) is 16.5. The van der Waals surface area contributed by atoms with Crippen LogP contribution in [0, 0.1) is 0 Å². The number of nitrogens with zero attached hydrogens (tertiary/aromatic N) is 2. The Kier molecular flexibility index (Phi) is 5.30. The number of hydrogen-bond donors (Lipinski definition) is 0. The molecule has 4 nitrogen and oxygen atoms in total. The molecule has 0 saturated carbocycles. The molecule has 0 atom stereocenters. The lowest BCUT2D eigenvalue weighted by Crippen LogP contribution is -2.16. The van der Waals surface area contributed by atoms with E-state index in [0.717, 1.165) is 11.1 Å². The van der Waals surface area contributed by atoms with Gasteiger partial charge in [-0.05, 0) is 54.1 Å². The molecule has 0 fully saturated rings. The predicted octanol–water partition coefficient (Wildman–Crippen LogP) is 6.31. The summed E-state index contributed by atoms with van der Waals surface area (Å²) < 4.78 is 48.6. The highest BCUT2D eigenvalue weighted by molar-refractivity contribution is 6.30. The van der Waals surface area contributed by atoms with Crippen LogP contribution in [0.2, 0.25) is 5.02 Å². The standard InChI is InChI=1S/C22H16ClF3N2O2/c1-29-18-9-10-20-19(12-18)27-21(28(20)13-14-3-2-4-16(23)11-14)15-5-7-17(8-6-15)30-22(24,25)26/h2-12H,13H2,1H3. The Labute approximate surface area is 175 Å². The summed E-state index contributed by atoms with van der Waals surface area (Å²) in [5.41, 5.74) is 3.20. The van der Waals surface area contributed by atoms with Crippen LogP contribution in [0.5, 0.6) is 11.5 Å². The van der Waals surface area contributed by atoms with E-state index in [4.69, 9.17) is 21.3 Å². The maximum Gasteiger partial charge on any atom is 0.573 e. The minimum absolute atomic E-state index is 0.287. The fourth-order valence-corrected chi connectivity index (χ4v) is 3.45. The first-order chi connectivity index (χ1) is 14.3. The molecule has 0 aliphatic heterocycles. The van der Waals surface area contributed by atoms with Gasteiger partial charge in [0.15, 0.2) is 0 Å². The summed E-state index contributed by atoms with van der Waals surface area (Å²) in [6, 6.07) is 18.7. The quantitative estimate of drug-likeness (QED) is 0.370. The minimum atomic E-state index is -4.74. The third-order valence-electron chi connectivity index (χ3n) is 4.53. The highest BCUT2D eigenvalue weighted by Gasteiger charge is 2.31. The van der Waals surface area contributed by atoms with Crippen LogP contribution in [-0.4, -0.2) is 23.0 Å². The van der Waals surface area contributed by atoms with Crippen LogP contribution in [0.15, 0.2) is 66.7 Å². The largest absolute Gasteiger partial charge is 0.573 e. The zero-order valence-electron chi connectivity index (χ0n) is 15.8. The Morgan fingerprint density at radius 2 is 1.70 bits per heavy atom. The molecule has 154 valence electrons. The molecule has 0 amide bonds. The van der Waals surface area contributed by atoms with Gasteiger partial charge < -0.3 is 14.0 Å². The molecule has 8 heteroatoms. The number of hydrogen-bond acceptors (Lipinski definition) is 3. The van der Waals surface area contributed by atoms with E-state index in [9.17, 15) is 13.2 Å². The topological polar surface area (TPSA) is 36.3 Å². The Bertz CT molecular complexity index is 1190. The Morgan fingerprint density at radius 1 is 0.967 bits per heavy atom. The van der Waals surface area contributed by atoms with E-state index >= 15 is 0 Å². The monoisotopic (exact) mass is 432 g/mol. The number of rotatable bonds is 5. The summed E-state index contributed by atoms with van der Waals surface area (Å²) in [6.45, 7) is 0.486. The number of aromatic nitrogens is 2. The lowest BCUT2D eigenvalue weighted by atomic mass is 10.2. The van der Waals surface area contributed by atoms with Crippen molar-refractivity contribution in [3.8, 4) is 22.9 Å². The molecule has 3 aromatic carbocycles. The molecule has 1 heterocycles. The Morgan fingerprint density at radius 3 is 2.37 bits per heavy atom. The summed E-state index contributed by atoms with van der Waals surface area (Å²) in [5, 5.41) is 0.619. The van der Waals surface area contributed by atoms with E-state index in [0.29, 0.717) is 34.2 Å². The molecule has 1 aromatic heterocycles. The van der Waals surface area contributed by atoms with Crippen molar-refractivity contribution in [2.75, 3.05) is 7.11 Å². The number of halogens is 4.